The predicted octanol–water partition coefficient (Wildman–Crippen LogP) is 5.27. The van der Waals surface area contributed by atoms with Crippen LogP contribution in [0.4, 0.5) is 15.2 Å². The monoisotopic (exact) mass is 492 g/mol. The fourth-order valence-electron chi connectivity index (χ4n) is 3.53. The summed E-state index contributed by atoms with van der Waals surface area (Å²) in [6, 6.07) is 20.1. The summed E-state index contributed by atoms with van der Waals surface area (Å²) in [7, 11) is -3.44. The molecule has 5 aromatic rings. The van der Waals surface area contributed by atoms with Gasteiger partial charge in [0.2, 0.25) is 10.0 Å². The summed E-state index contributed by atoms with van der Waals surface area (Å²) in [4.78, 5) is 22.2. The molecule has 0 radical (unpaired) electrons. The van der Waals surface area contributed by atoms with Gasteiger partial charge in [-0.05, 0) is 54.6 Å². The third-order valence-electron chi connectivity index (χ3n) is 5.02. The number of anilines is 2. The number of hydrogen-bond donors (Lipinski definition) is 2. The Hall–Kier alpha value is -3.89. The minimum absolute atomic E-state index is 0.255. The number of aromatic nitrogens is 2. The van der Waals surface area contributed by atoms with Gasteiger partial charge in [0.15, 0.2) is 5.13 Å². The van der Waals surface area contributed by atoms with E-state index in [1.165, 1.54) is 23.5 Å². The zero-order valence-corrected chi connectivity index (χ0v) is 19.4. The van der Waals surface area contributed by atoms with E-state index in [0.717, 1.165) is 11.0 Å². The van der Waals surface area contributed by atoms with Crippen molar-refractivity contribution in [3.05, 3.63) is 84.2 Å². The van der Waals surface area contributed by atoms with Crippen LogP contribution in [0.1, 0.15) is 10.4 Å². The molecule has 2 aromatic heterocycles. The maximum absolute atomic E-state index is 13.4. The fraction of sp³-hybridized carbons (Fsp3) is 0.0417. The number of carbonyl (C=O) groups is 1. The van der Waals surface area contributed by atoms with Crippen molar-refractivity contribution in [1.29, 1.82) is 0 Å². The number of fused-ring (bicyclic) bond motifs is 2. The first kappa shape index (κ1) is 21.9. The number of nitrogens with zero attached hydrogens (tertiary/aromatic N) is 2. The van der Waals surface area contributed by atoms with Crippen LogP contribution >= 0.6 is 11.3 Å². The van der Waals surface area contributed by atoms with Crippen LogP contribution in [0.3, 0.4) is 0 Å². The molecule has 0 unspecified atom stereocenters. The molecule has 0 bridgehead atoms. The summed E-state index contributed by atoms with van der Waals surface area (Å²) in [6.45, 7) is 0. The van der Waals surface area contributed by atoms with Crippen LogP contribution in [0, 0.1) is 5.82 Å². The molecule has 2 N–H and O–H groups in total. The van der Waals surface area contributed by atoms with Gasteiger partial charge in [-0.2, -0.15) is 0 Å². The van der Waals surface area contributed by atoms with Gasteiger partial charge < -0.3 is 5.32 Å². The second-order valence-corrected chi connectivity index (χ2v) is 10.4. The Morgan fingerprint density at radius 1 is 0.941 bits per heavy atom. The Bertz CT molecular complexity index is 1670. The van der Waals surface area contributed by atoms with E-state index in [1.807, 2.05) is 24.3 Å². The molecule has 7 nitrogen and oxygen atoms in total. The second kappa shape index (κ2) is 8.47. The largest absolute Gasteiger partial charge is 0.322 e. The summed E-state index contributed by atoms with van der Waals surface area (Å²) in [5, 5.41) is 3.84. The number of benzene rings is 3. The number of sulfonamides is 1. The van der Waals surface area contributed by atoms with Gasteiger partial charge in [-0.25, -0.2) is 22.8 Å². The van der Waals surface area contributed by atoms with E-state index >= 15 is 0 Å². The molecule has 34 heavy (non-hydrogen) atoms. The van der Waals surface area contributed by atoms with Crippen LogP contribution < -0.4 is 10.0 Å². The van der Waals surface area contributed by atoms with Crippen LogP contribution in [0.2, 0.25) is 0 Å². The Kier molecular flexibility index (Phi) is 5.46. The maximum Gasteiger partial charge on any atom is 0.256 e. The summed E-state index contributed by atoms with van der Waals surface area (Å²) in [6.07, 6.45) is 1.06. The van der Waals surface area contributed by atoms with Crippen molar-refractivity contribution in [3.63, 3.8) is 0 Å². The summed E-state index contributed by atoms with van der Waals surface area (Å²) in [5.41, 5.74) is 3.47. The molecule has 3 aromatic carbocycles. The highest BCUT2D eigenvalue weighted by Gasteiger charge is 2.15. The molecular formula is C24H17FN4O3S2. The Balaban J connectivity index is 1.50. The molecule has 0 aliphatic heterocycles. The lowest BCUT2D eigenvalue weighted by atomic mass is 10.0. The van der Waals surface area contributed by atoms with Gasteiger partial charge in [0, 0.05) is 16.6 Å². The number of amides is 1. The molecule has 0 fully saturated rings. The Morgan fingerprint density at radius 2 is 1.71 bits per heavy atom. The molecular weight excluding hydrogens is 475 g/mol. The van der Waals surface area contributed by atoms with Crippen molar-refractivity contribution in [2.24, 2.45) is 0 Å². The number of thiazole rings is 1. The van der Waals surface area contributed by atoms with E-state index in [4.69, 9.17) is 0 Å². The Morgan fingerprint density at radius 3 is 2.47 bits per heavy atom. The van der Waals surface area contributed by atoms with Crippen molar-refractivity contribution in [2.75, 3.05) is 16.3 Å². The lowest BCUT2D eigenvalue weighted by molar-refractivity contribution is 0.102. The normalized spacial score (nSPS) is 11.6. The number of pyridine rings is 1. The van der Waals surface area contributed by atoms with Crippen LogP contribution in [0.25, 0.3) is 32.4 Å². The first-order valence-corrected chi connectivity index (χ1v) is 12.8. The van der Waals surface area contributed by atoms with E-state index in [9.17, 15) is 17.6 Å². The number of para-hydroxylation sites is 1. The average Bonchev–Trinajstić information content (AvgIpc) is 3.18. The molecule has 0 aliphatic carbocycles. The van der Waals surface area contributed by atoms with Crippen LogP contribution in [-0.2, 0) is 10.0 Å². The maximum atomic E-state index is 13.4. The first-order valence-electron chi connectivity index (χ1n) is 10.1. The number of hydrogen-bond acceptors (Lipinski definition) is 6. The zero-order valence-electron chi connectivity index (χ0n) is 17.7. The van der Waals surface area contributed by atoms with Gasteiger partial charge >= 0.3 is 0 Å². The number of rotatable bonds is 5. The number of carbonyl (C=O) groups excluding carboxylic acids is 1. The quantitative estimate of drug-likeness (QED) is 0.348. The molecule has 0 atom stereocenters. The van der Waals surface area contributed by atoms with Crippen molar-refractivity contribution in [1.82, 2.24) is 9.97 Å². The molecule has 170 valence electrons. The average molecular weight is 493 g/mol. The lowest BCUT2D eigenvalue weighted by Gasteiger charge is -2.11. The van der Waals surface area contributed by atoms with Gasteiger partial charge in [0.1, 0.15) is 5.82 Å². The number of nitrogens with one attached hydrogen (secondary N) is 2. The SMILES string of the molecule is CS(=O)(=O)Nc1nc2ccc(NC(=O)c3cc(-c4ccc(F)cc4)nc4ccccc34)cc2s1. The van der Waals surface area contributed by atoms with Gasteiger partial charge in [0.05, 0.1) is 33.2 Å². The third kappa shape index (κ3) is 4.59. The van der Waals surface area contributed by atoms with E-state index in [2.05, 4.69) is 20.0 Å². The highest BCUT2D eigenvalue weighted by molar-refractivity contribution is 7.92. The smallest absolute Gasteiger partial charge is 0.256 e. The minimum Gasteiger partial charge on any atom is -0.322 e. The minimum atomic E-state index is -3.44. The summed E-state index contributed by atoms with van der Waals surface area (Å²) < 4.78 is 39.4. The van der Waals surface area contributed by atoms with E-state index in [1.54, 1.807) is 36.4 Å². The molecule has 1 amide bonds. The van der Waals surface area contributed by atoms with Crippen molar-refractivity contribution < 1.29 is 17.6 Å². The lowest BCUT2D eigenvalue weighted by Crippen LogP contribution is -2.13. The van der Waals surface area contributed by atoms with Crippen molar-refractivity contribution >= 4 is 59.2 Å². The molecule has 0 saturated heterocycles. The highest BCUT2D eigenvalue weighted by Crippen LogP contribution is 2.30. The molecule has 0 saturated carbocycles. The van der Waals surface area contributed by atoms with Crippen LogP contribution in [0.5, 0.6) is 0 Å². The molecule has 0 spiro atoms. The predicted molar refractivity (Wildman–Crippen MR) is 133 cm³/mol. The van der Waals surface area contributed by atoms with Crippen molar-refractivity contribution in [3.8, 4) is 11.3 Å². The van der Waals surface area contributed by atoms with Gasteiger partial charge in [-0.1, -0.05) is 29.5 Å². The molecule has 2 heterocycles. The van der Waals surface area contributed by atoms with Gasteiger partial charge in [-0.3, -0.25) is 9.52 Å². The first-order chi connectivity index (χ1) is 16.2. The van der Waals surface area contributed by atoms with E-state index in [0.29, 0.717) is 38.9 Å². The van der Waals surface area contributed by atoms with Gasteiger partial charge in [0.25, 0.3) is 5.91 Å². The summed E-state index contributed by atoms with van der Waals surface area (Å²) >= 11 is 1.17. The highest BCUT2D eigenvalue weighted by atomic mass is 32.2. The topological polar surface area (TPSA) is 101 Å². The van der Waals surface area contributed by atoms with E-state index in [-0.39, 0.29) is 16.9 Å². The fourth-order valence-corrected chi connectivity index (χ4v) is 5.27. The second-order valence-electron chi connectivity index (χ2n) is 7.61. The summed E-state index contributed by atoms with van der Waals surface area (Å²) in [5.74, 6) is -0.684. The standard InChI is InChI=1S/C24H17FN4O3S2/c1-34(31,32)29-24-28-20-11-10-16(12-22(20)33-24)26-23(30)18-13-21(14-6-8-15(25)9-7-14)27-19-5-3-2-4-17(18)19/h2-13H,1H3,(H,26,30)(H,28,29). The number of halogens is 1. The Labute approximate surface area is 198 Å². The molecule has 10 heteroatoms. The third-order valence-corrected chi connectivity index (χ3v) is 6.65. The molecule has 5 rings (SSSR count). The zero-order chi connectivity index (χ0) is 23.9. The van der Waals surface area contributed by atoms with E-state index < -0.39 is 10.0 Å². The van der Waals surface area contributed by atoms with Crippen molar-refractivity contribution in [2.45, 2.75) is 0 Å². The van der Waals surface area contributed by atoms with Crippen LogP contribution in [0.15, 0.2) is 72.8 Å². The van der Waals surface area contributed by atoms with Crippen LogP contribution in [-0.4, -0.2) is 30.5 Å². The van der Waals surface area contributed by atoms with Gasteiger partial charge in [-0.15, -0.1) is 0 Å². The molecule has 0 aliphatic rings.